The molecule has 0 saturated carbocycles. The van der Waals surface area contributed by atoms with Gasteiger partial charge in [0, 0.05) is 54.2 Å². The molecule has 1 aromatic heterocycles. The third kappa shape index (κ3) is 21.1. The molecule has 80 heavy (non-hydrogen) atoms. The molecule has 1 heterocycles. The molecule has 1 unspecified atom stereocenters. The zero-order valence-corrected chi connectivity index (χ0v) is 45.7. The summed E-state index contributed by atoms with van der Waals surface area (Å²) in [5.41, 5.74) is 6.55. The topological polar surface area (TPSA) is 185 Å². The number of hydrogen-bond donors (Lipinski definition) is 0. The molecule has 420 valence electrons. The smallest absolute Gasteiger partial charge is 0.330 e. The lowest BCUT2D eigenvalue weighted by molar-refractivity contribution is -0.139. The summed E-state index contributed by atoms with van der Waals surface area (Å²) in [5.74, 6) is 0.407. The summed E-state index contributed by atoms with van der Waals surface area (Å²) < 4.78 is 44.3. The molecule has 15 nitrogen and oxygen atoms in total. The van der Waals surface area contributed by atoms with Crippen molar-refractivity contribution < 1.29 is 61.9 Å². The van der Waals surface area contributed by atoms with Crippen LogP contribution in [0.2, 0.25) is 0 Å². The minimum atomic E-state index is -0.514. The largest absolute Gasteiger partial charge is 0.494 e. The minimum absolute atomic E-state index is 0.0998. The van der Waals surface area contributed by atoms with Crippen molar-refractivity contribution in [3.8, 4) is 45.5 Å². The number of carbonyl (C=O) groups excluding carboxylic acids is 5. The van der Waals surface area contributed by atoms with E-state index in [1.807, 2.05) is 104 Å². The number of aromatic nitrogens is 2. The van der Waals surface area contributed by atoms with Crippen LogP contribution in [0.4, 0.5) is 0 Å². The van der Waals surface area contributed by atoms with E-state index in [0.717, 1.165) is 97.3 Å². The molecule has 5 aromatic carbocycles. The first-order valence-corrected chi connectivity index (χ1v) is 27.3. The lowest BCUT2D eigenvalue weighted by Crippen LogP contribution is -2.12. The van der Waals surface area contributed by atoms with E-state index in [-0.39, 0.29) is 38.6 Å². The van der Waals surface area contributed by atoms with Gasteiger partial charge in [-0.25, -0.2) is 24.4 Å². The molecule has 0 amide bonds. The van der Waals surface area contributed by atoms with Gasteiger partial charge in [0.15, 0.2) is 0 Å². The van der Waals surface area contributed by atoms with Gasteiger partial charge in [-0.05, 0) is 135 Å². The van der Waals surface area contributed by atoms with Gasteiger partial charge in [-0.2, -0.15) is 0 Å². The van der Waals surface area contributed by atoms with Crippen LogP contribution in [0.1, 0.15) is 93.7 Å². The van der Waals surface area contributed by atoms with Crippen molar-refractivity contribution in [1.29, 1.82) is 0 Å². The Bertz CT molecular complexity index is 2990. The van der Waals surface area contributed by atoms with Crippen LogP contribution in [0.3, 0.4) is 0 Å². The molecule has 0 fully saturated rings. The number of nitrogens with zero attached hydrogens (tertiary/aromatic N) is 2. The standard InChI is InChI=1S/C65H72N2O13/c1-5-60(69)77-38-14-10-8-12-36-74-53-28-22-48(23-29-53)26-34-59(68)47(4)50-18-16-19-51(44-50)64-65(67-58-46-55(32-33-57(58)66-64)76-42-40-73-41-43-79-62(71)7-3)52-20-17-21-56(45-52)80-63(72)35-27-49-24-30-54(31-25-49)75-37-13-9-11-15-39-78-61(70)6-2/h5-7,16-25,28-33,44-47H,1-3,8-15,26-27,34-43H2,4H3. The van der Waals surface area contributed by atoms with E-state index in [4.69, 9.17) is 47.9 Å². The first kappa shape index (κ1) is 60.8. The Hall–Kier alpha value is -8.43. The van der Waals surface area contributed by atoms with Crippen molar-refractivity contribution in [2.75, 3.05) is 52.9 Å². The highest BCUT2D eigenvalue weighted by Gasteiger charge is 2.20. The summed E-state index contributed by atoms with van der Waals surface area (Å²) in [7, 11) is 0. The molecule has 0 N–H and O–H groups in total. The number of ether oxygens (including phenoxy) is 8. The zero-order chi connectivity index (χ0) is 56.7. The average molecular weight is 1090 g/mol. The van der Waals surface area contributed by atoms with Crippen LogP contribution >= 0.6 is 0 Å². The number of Topliss-reactive ketones (excluding diaryl/α,β-unsaturated/α-hetero) is 1. The number of benzene rings is 5. The average Bonchev–Trinajstić information content (AvgIpc) is 3.52. The van der Waals surface area contributed by atoms with Crippen molar-refractivity contribution in [1.82, 2.24) is 9.97 Å². The molecule has 6 rings (SSSR count). The number of fused-ring (bicyclic) bond motifs is 1. The summed E-state index contributed by atoms with van der Waals surface area (Å²) in [5, 5.41) is 0. The second-order valence-electron chi connectivity index (χ2n) is 18.8. The number of aryl methyl sites for hydroxylation is 2. The van der Waals surface area contributed by atoms with E-state index in [9.17, 15) is 24.0 Å². The number of carbonyl (C=O) groups is 5. The summed E-state index contributed by atoms with van der Waals surface area (Å²) in [6.07, 6.45) is 12.1. The van der Waals surface area contributed by atoms with Gasteiger partial charge in [-0.1, -0.05) is 81.3 Å². The van der Waals surface area contributed by atoms with Crippen LogP contribution < -0.4 is 18.9 Å². The van der Waals surface area contributed by atoms with Crippen LogP contribution in [0.15, 0.2) is 153 Å². The molecule has 0 spiro atoms. The maximum Gasteiger partial charge on any atom is 0.330 e. The second-order valence-corrected chi connectivity index (χ2v) is 18.8. The molecule has 0 aliphatic carbocycles. The fourth-order valence-electron chi connectivity index (χ4n) is 8.33. The van der Waals surface area contributed by atoms with Crippen molar-refractivity contribution >= 4 is 40.7 Å². The highest BCUT2D eigenvalue weighted by Crippen LogP contribution is 2.35. The predicted molar refractivity (Wildman–Crippen MR) is 307 cm³/mol. The minimum Gasteiger partial charge on any atom is -0.494 e. The Balaban J connectivity index is 1.08. The maximum atomic E-state index is 13.8. The molecule has 0 radical (unpaired) electrons. The van der Waals surface area contributed by atoms with Crippen LogP contribution in [-0.2, 0) is 55.8 Å². The molecule has 0 aliphatic rings. The fourth-order valence-corrected chi connectivity index (χ4v) is 8.33. The van der Waals surface area contributed by atoms with Crippen molar-refractivity contribution in [2.24, 2.45) is 0 Å². The zero-order valence-electron chi connectivity index (χ0n) is 45.7. The van der Waals surface area contributed by atoms with Gasteiger partial charge in [-0.3, -0.25) is 9.59 Å². The molecular weight excluding hydrogens is 1020 g/mol. The van der Waals surface area contributed by atoms with Gasteiger partial charge < -0.3 is 37.9 Å². The fraction of sp³-hybridized carbons (Fsp3) is 0.338. The summed E-state index contributed by atoms with van der Waals surface area (Å²) in [4.78, 5) is 71.1. The Morgan fingerprint density at radius 3 is 1.54 bits per heavy atom. The summed E-state index contributed by atoms with van der Waals surface area (Å²) in [6, 6.07) is 36.0. The van der Waals surface area contributed by atoms with Crippen LogP contribution in [0.25, 0.3) is 33.5 Å². The third-order valence-electron chi connectivity index (χ3n) is 12.8. The van der Waals surface area contributed by atoms with E-state index >= 15 is 0 Å². The Morgan fingerprint density at radius 2 is 0.950 bits per heavy atom. The molecule has 0 saturated heterocycles. The van der Waals surface area contributed by atoms with E-state index in [1.165, 1.54) is 6.08 Å². The highest BCUT2D eigenvalue weighted by molar-refractivity contribution is 5.89. The van der Waals surface area contributed by atoms with E-state index in [2.05, 4.69) is 19.7 Å². The highest BCUT2D eigenvalue weighted by atomic mass is 16.6. The van der Waals surface area contributed by atoms with Crippen molar-refractivity contribution in [3.63, 3.8) is 0 Å². The van der Waals surface area contributed by atoms with Gasteiger partial charge in [0.2, 0.25) is 0 Å². The van der Waals surface area contributed by atoms with E-state index in [1.54, 1.807) is 18.2 Å². The number of rotatable bonds is 37. The third-order valence-corrected chi connectivity index (χ3v) is 12.8. The van der Waals surface area contributed by atoms with Crippen LogP contribution in [0.5, 0.6) is 23.0 Å². The van der Waals surface area contributed by atoms with E-state index in [0.29, 0.717) is 85.2 Å². The lowest BCUT2D eigenvalue weighted by atomic mass is 9.91. The Morgan fingerprint density at radius 1 is 0.463 bits per heavy atom. The number of esters is 4. The Labute approximate surface area is 468 Å². The second kappa shape index (κ2) is 33.8. The van der Waals surface area contributed by atoms with Gasteiger partial charge in [-0.15, -0.1) is 0 Å². The first-order chi connectivity index (χ1) is 39.0. The summed E-state index contributed by atoms with van der Waals surface area (Å²) >= 11 is 0. The molecule has 15 heteroatoms. The van der Waals surface area contributed by atoms with Gasteiger partial charge in [0.1, 0.15) is 42.0 Å². The number of ketones is 1. The number of unbranched alkanes of at least 4 members (excludes halogenated alkanes) is 6. The maximum absolute atomic E-state index is 13.8. The molecule has 0 bridgehead atoms. The summed E-state index contributed by atoms with van der Waals surface area (Å²) in [6.45, 7) is 14.9. The molecular formula is C65H72N2O13. The van der Waals surface area contributed by atoms with Crippen LogP contribution in [-0.4, -0.2) is 92.5 Å². The van der Waals surface area contributed by atoms with Crippen LogP contribution in [0, 0.1) is 0 Å². The Kier molecular flexibility index (Phi) is 25.7. The molecule has 1 atom stereocenters. The normalized spacial score (nSPS) is 11.2. The van der Waals surface area contributed by atoms with Gasteiger partial charge in [0.25, 0.3) is 0 Å². The van der Waals surface area contributed by atoms with Crippen molar-refractivity contribution in [2.45, 2.75) is 89.9 Å². The van der Waals surface area contributed by atoms with Gasteiger partial charge in [0.05, 0.1) is 62.1 Å². The quantitative estimate of drug-likeness (QED) is 0.0118. The van der Waals surface area contributed by atoms with Crippen molar-refractivity contribution in [3.05, 3.63) is 170 Å². The lowest BCUT2D eigenvalue weighted by Gasteiger charge is -2.15. The molecule has 6 aromatic rings. The monoisotopic (exact) mass is 1090 g/mol. The number of hydrogen-bond acceptors (Lipinski definition) is 15. The SMILES string of the molecule is C=CC(=O)OCCCCCCOc1ccc(CCC(=O)Oc2cccc(-c3nc4cc(OCCOCCOC(=O)C=C)ccc4nc3-c3cccc(C(C)C(=O)CCc4ccc(OCCCCCCOC(=O)C=C)cc4)c3)c2)cc1. The predicted octanol–water partition coefficient (Wildman–Crippen LogP) is 12.3. The van der Waals surface area contributed by atoms with E-state index < -0.39 is 29.8 Å². The molecule has 0 aliphatic heterocycles. The van der Waals surface area contributed by atoms with Gasteiger partial charge >= 0.3 is 23.9 Å². The first-order valence-electron chi connectivity index (χ1n) is 27.3.